The lowest BCUT2D eigenvalue weighted by molar-refractivity contribution is -0.128. The van der Waals surface area contributed by atoms with Crippen LogP contribution in [0.3, 0.4) is 0 Å². The first-order valence-electron chi connectivity index (χ1n) is 11.4. The normalized spacial score (nSPS) is 14.0. The van der Waals surface area contributed by atoms with Gasteiger partial charge in [-0.1, -0.05) is 30.0 Å². The summed E-state index contributed by atoms with van der Waals surface area (Å²) < 4.78 is 8.63. The van der Waals surface area contributed by atoms with Gasteiger partial charge in [0.1, 0.15) is 5.75 Å². The number of para-hydroxylation sites is 1. The van der Waals surface area contributed by atoms with Crippen molar-refractivity contribution in [3.05, 3.63) is 71.5 Å². The number of nitrogens with zero attached hydrogens (tertiary/aromatic N) is 6. The zero-order chi connectivity index (χ0) is 24.4. The van der Waals surface area contributed by atoms with Gasteiger partial charge in [-0.2, -0.15) is 0 Å². The molecule has 1 amide bonds. The summed E-state index contributed by atoms with van der Waals surface area (Å²) in [5.41, 5.74) is 1.71. The molecule has 0 aliphatic carbocycles. The number of benzene rings is 2. The molecular weight excluding hydrogens is 464 g/mol. The van der Waals surface area contributed by atoms with Crippen molar-refractivity contribution in [2.75, 3.05) is 43.9 Å². The molecule has 10 heteroatoms. The van der Waals surface area contributed by atoms with E-state index in [-0.39, 0.29) is 17.2 Å². The van der Waals surface area contributed by atoms with Crippen LogP contribution in [0.2, 0.25) is 0 Å². The highest BCUT2D eigenvalue weighted by molar-refractivity contribution is 7.99. The Bertz CT molecular complexity index is 1440. The molecule has 4 aromatic rings. The first-order chi connectivity index (χ1) is 17.1. The monoisotopic (exact) mass is 490 g/mol. The molecule has 1 aliphatic rings. The van der Waals surface area contributed by atoms with Crippen LogP contribution >= 0.6 is 11.8 Å². The van der Waals surface area contributed by atoms with Crippen molar-refractivity contribution in [2.24, 2.45) is 0 Å². The maximum absolute atomic E-state index is 13.0. The van der Waals surface area contributed by atoms with E-state index in [1.54, 1.807) is 23.8 Å². The van der Waals surface area contributed by atoms with Crippen LogP contribution in [0.1, 0.15) is 0 Å². The summed E-state index contributed by atoms with van der Waals surface area (Å²) in [6.07, 6.45) is 1.66. The topological polar surface area (TPSA) is 85.0 Å². The Morgan fingerprint density at radius 3 is 2.54 bits per heavy atom. The molecule has 0 spiro atoms. The van der Waals surface area contributed by atoms with E-state index >= 15 is 0 Å². The highest BCUT2D eigenvalue weighted by Crippen LogP contribution is 2.23. The second-order valence-corrected chi connectivity index (χ2v) is 9.14. The maximum atomic E-state index is 13.0. The second kappa shape index (κ2) is 9.83. The van der Waals surface area contributed by atoms with Gasteiger partial charge in [-0.25, -0.2) is 0 Å². The summed E-state index contributed by atoms with van der Waals surface area (Å²) in [6.45, 7) is 6.95. The van der Waals surface area contributed by atoms with Crippen molar-refractivity contribution < 1.29 is 9.53 Å². The smallest absolute Gasteiger partial charge is 0.263 e. The average Bonchev–Trinajstić information content (AvgIpc) is 3.34. The second-order valence-electron chi connectivity index (χ2n) is 8.19. The first-order valence-corrected chi connectivity index (χ1v) is 12.4. The molecule has 0 N–H and O–H groups in total. The number of piperazine rings is 1. The van der Waals surface area contributed by atoms with E-state index in [0.29, 0.717) is 36.0 Å². The predicted octanol–water partition coefficient (Wildman–Crippen LogP) is 2.68. The fourth-order valence-corrected chi connectivity index (χ4v) is 5.19. The molecule has 1 fully saturated rings. The molecule has 3 heterocycles. The largest absolute Gasteiger partial charge is 0.497 e. The van der Waals surface area contributed by atoms with Crippen LogP contribution in [0.25, 0.3) is 16.7 Å². The van der Waals surface area contributed by atoms with E-state index in [1.165, 1.54) is 11.8 Å². The number of ether oxygens (including phenoxy) is 1. The Kier molecular flexibility index (Phi) is 6.45. The third-order valence-corrected chi connectivity index (χ3v) is 7.10. The number of fused-ring (bicyclic) bond motifs is 3. The van der Waals surface area contributed by atoms with E-state index in [2.05, 4.69) is 21.7 Å². The summed E-state index contributed by atoms with van der Waals surface area (Å²) in [6, 6.07) is 15.3. The highest BCUT2D eigenvalue weighted by atomic mass is 32.2. The average molecular weight is 491 g/mol. The van der Waals surface area contributed by atoms with Crippen LogP contribution in [0, 0.1) is 0 Å². The lowest BCUT2D eigenvalue weighted by Crippen LogP contribution is -2.49. The maximum Gasteiger partial charge on any atom is 0.263 e. The fraction of sp³-hybridized carbons (Fsp3) is 0.280. The molecule has 180 valence electrons. The van der Waals surface area contributed by atoms with Crippen LogP contribution in [-0.2, 0) is 11.3 Å². The molecule has 1 aliphatic heterocycles. The van der Waals surface area contributed by atoms with Crippen LogP contribution < -0.4 is 15.2 Å². The van der Waals surface area contributed by atoms with Gasteiger partial charge in [-0.3, -0.25) is 18.6 Å². The van der Waals surface area contributed by atoms with Crippen molar-refractivity contribution in [3.8, 4) is 5.75 Å². The van der Waals surface area contributed by atoms with Crippen molar-refractivity contribution >= 4 is 40.0 Å². The minimum Gasteiger partial charge on any atom is -0.497 e. The summed E-state index contributed by atoms with van der Waals surface area (Å²) in [4.78, 5) is 30.1. The molecule has 0 bridgehead atoms. The van der Waals surface area contributed by atoms with E-state index < -0.39 is 0 Å². The molecule has 0 saturated carbocycles. The van der Waals surface area contributed by atoms with Crippen molar-refractivity contribution in [3.63, 3.8) is 0 Å². The summed E-state index contributed by atoms with van der Waals surface area (Å²) in [7, 11) is 1.66. The zero-order valence-electron chi connectivity index (χ0n) is 19.5. The fourth-order valence-electron chi connectivity index (χ4n) is 4.35. The molecule has 9 nitrogen and oxygen atoms in total. The zero-order valence-corrected chi connectivity index (χ0v) is 20.3. The number of anilines is 1. The summed E-state index contributed by atoms with van der Waals surface area (Å²) >= 11 is 1.34. The third-order valence-electron chi connectivity index (χ3n) is 6.18. The predicted molar refractivity (Wildman–Crippen MR) is 137 cm³/mol. The van der Waals surface area contributed by atoms with Crippen LogP contribution in [0.4, 0.5) is 5.69 Å². The van der Waals surface area contributed by atoms with Crippen molar-refractivity contribution in [1.82, 2.24) is 24.1 Å². The molecule has 0 unspecified atom stereocenters. The van der Waals surface area contributed by atoms with Crippen molar-refractivity contribution in [2.45, 2.75) is 11.7 Å². The molecule has 5 rings (SSSR count). The molecule has 0 atom stereocenters. The van der Waals surface area contributed by atoms with Crippen LogP contribution in [0.15, 0.2) is 71.1 Å². The van der Waals surface area contributed by atoms with Gasteiger partial charge < -0.3 is 14.5 Å². The number of amides is 1. The van der Waals surface area contributed by atoms with Gasteiger partial charge in [0.15, 0.2) is 5.16 Å². The Morgan fingerprint density at radius 1 is 1.09 bits per heavy atom. The Hall–Kier alpha value is -3.79. The quantitative estimate of drug-likeness (QED) is 0.291. The number of hydrogen-bond acceptors (Lipinski definition) is 7. The molecule has 2 aromatic carbocycles. The molecular formula is C25H26N6O3S. The number of allylic oxidation sites excluding steroid dienone is 1. The number of hydrogen-bond donors (Lipinski definition) is 0. The SMILES string of the molecule is C=CCn1c(=O)c2ccccc2n2c(SCC(=O)N3CCN(c4ccc(OC)cc4)CC3)nnc12. The minimum atomic E-state index is -0.136. The highest BCUT2D eigenvalue weighted by Gasteiger charge is 2.23. The number of methoxy groups -OCH3 is 1. The van der Waals surface area contributed by atoms with Gasteiger partial charge in [0.25, 0.3) is 5.56 Å². The number of carbonyl (C=O) groups is 1. The van der Waals surface area contributed by atoms with Gasteiger partial charge in [0.2, 0.25) is 11.7 Å². The summed E-state index contributed by atoms with van der Waals surface area (Å²) in [5, 5.41) is 9.72. The minimum absolute atomic E-state index is 0.0600. The van der Waals surface area contributed by atoms with Crippen LogP contribution in [-0.4, -0.2) is 69.0 Å². The van der Waals surface area contributed by atoms with Crippen molar-refractivity contribution in [1.29, 1.82) is 0 Å². The standard InChI is InChI=1S/C25H26N6O3S/c1-3-12-30-23(33)20-6-4-5-7-21(20)31-24(30)26-27-25(31)35-17-22(32)29-15-13-28(14-16-29)18-8-10-19(34-2)11-9-18/h3-11H,1,12-17H2,2H3. The van der Waals surface area contributed by atoms with E-state index in [1.807, 2.05) is 51.8 Å². The molecule has 35 heavy (non-hydrogen) atoms. The lowest BCUT2D eigenvalue weighted by Gasteiger charge is -2.36. The number of carbonyl (C=O) groups excluding carboxylic acids is 1. The molecule has 2 aromatic heterocycles. The van der Waals surface area contributed by atoms with Gasteiger partial charge in [0.05, 0.1) is 23.8 Å². The number of rotatable bonds is 7. The van der Waals surface area contributed by atoms with E-state index in [9.17, 15) is 9.59 Å². The number of thioether (sulfide) groups is 1. The van der Waals surface area contributed by atoms with Gasteiger partial charge in [-0.15, -0.1) is 16.8 Å². The Morgan fingerprint density at radius 2 is 1.83 bits per heavy atom. The van der Waals surface area contributed by atoms with Gasteiger partial charge in [-0.05, 0) is 36.4 Å². The van der Waals surface area contributed by atoms with E-state index in [4.69, 9.17) is 4.74 Å². The first kappa shape index (κ1) is 23.0. The van der Waals surface area contributed by atoms with Crippen LogP contribution in [0.5, 0.6) is 5.75 Å². The van der Waals surface area contributed by atoms with Gasteiger partial charge in [0, 0.05) is 38.4 Å². The number of aromatic nitrogens is 4. The molecule has 0 radical (unpaired) electrons. The van der Waals surface area contributed by atoms with E-state index in [0.717, 1.165) is 30.0 Å². The molecule has 1 saturated heterocycles. The Labute approximate surface area is 206 Å². The third kappa shape index (κ3) is 4.37. The Balaban J connectivity index is 1.30. The lowest BCUT2D eigenvalue weighted by atomic mass is 10.2. The summed E-state index contributed by atoms with van der Waals surface area (Å²) in [5.74, 6) is 1.58. The van der Waals surface area contributed by atoms with Gasteiger partial charge >= 0.3 is 0 Å².